The van der Waals surface area contributed by atoms with Gasteiger partial charge in [0.2, 0.25) is 5.91 Å². The Morgan fingerprint density at radius 1 is 1.36 bits per heavy atom. The largest absolute Gasteiger partial charge is 0.359 e. The number of H-pyrrole nitrogens is 1. The van der Waals surface area contributed by atoms with Crippen molar-refractivity contribution in [1.29, 1.82) is 0 Å². The Hall–Kier alpha value is -2.83. The Morgan fingerprint density at radius 3 is 2.72 bits per heavy atom. The van der Waals surface area contributed by atoms with Gasteiger partial charge in [0.15, 0.2) is 5.76 Å². The summed E-state index contributed by atoms with van der Waals surface area (Å²) in [5.74, 6) is 0.993. The van der Waals surface area contributed by atoms with Crippen molar-refractivity contribution in [2.75, 3.05) is 7.05 Å². The number of rotatable bonds is 7. The number of hydrogen-bond acceptors (Lipinski definition) is 4. The molecule has 3 rings (SSSR count). The number of hydrogen-bond donors (Lipinski definition) is 1. The second-order valence-corrected chi connectivity index (χ2v) is 6.49. The topological polar surface area (TPSA) is 80.0 Å². The highest BCUT2D eigenvalue weighted by Gasteiger charge is 2.25. The monoisotopic (exact) mass is 341 g/mol. The minimum Gasteiger partial charge on any atom is -0.359 e. The van der Waals surface area contributed by atoms with Crippen LogP contribution in [0.25, 0.3) is 0 Å². The molecule has 1 amide bonds. The summed E-state index contributed by atoms with van der Waals surface area (Å²) in [6, 6.07) is 5.40. The summed E-state index contributed by atoms with van der Waals surface area (Å²) in [5.41, 5.74) is 1.82. The standard InChI is InChI=1S/C18H23N5O2/c1-13(2)16-9-15(25-21-16)11-22(3)18(24)17(23-6-4-5-7-23)8-14-10-19-12-20-14/h4-7,9-10,12-13,17H,8,11H2,1-3H3,(H,19,20)/t17-/m0/s1. The Kier molecular flexibility index (Phi) is 5.02. The van der Waals surface area contributed by atoms with Crippen LogP contribution in [0, 0.1) is 0 Å². The van der Waals surface area contributed by atoms with E-state index in [0.29, 0.717) is 24.6 Å². The molecule has 0 aromatic carbocycles. The number of likely N-dealkylation sites (N-methyl/N-ethyl adjacent to an activating group) is 1. The number of carbonyl (C=O) groups excluding carboxylic acids is 1. The van der Waals surface area contributed by atoms with Gasteiger partial charge in [0, 0.05) is 43.8 Å². The third-order valence-corrected chi connectivity index (χ3v) is 4.18. The van der Waals surface area contributed by atoms with Crippen LogP contribution in [-0.2, 0) is 17.8 Å². The molecule has 25 heavy (non-hydrogen) atoms. The normalized spacial score (nSPS) is 12.5. The summed E-state index contributed by atoms with van der Waals surface area (Å²) < 4.78 is 7.27. The van der Waals surface area contributed by atoms with Gasteiger partial charge in [-0.3, -0.25) is 4.79 Å². The summed E-state index contributed by atoms with van der Waals surface area (Å²) in [6.45, 7) is 4.51. The van der Waals surface area contributed by atoms with E-state index in [4.69, 9.17) is 4.52 Å². The lowest BCUT2D eigenvalue weighted by atomic mass is 10.1. The molecule has 0 aliphatic heterocycles. The SMILES string of the molecule is CC(C)c1cc(CN(C)C(=O)[C@H](Cc2cnc[nH]2)n2cccc2)on1. The lowest BCUT2D eigenvalue weighted by Crippen LogP contribution is -2.34. The van der Waals surface area contributed by atoms with Crippen molar-refractivity contribution in [3.05, 3.63) is 60.3 Å². The van der Waals surface area contributed by atoms with Crippen LogP contribution in [0.2, 0.25) is 0 Å². The first kappa shape index (κ1) is 17.0. The molecule has 0 saturated heterocycles. The first-order valence-corrected chi connectivity index (χ1v) is 8.34. The van der Waals surface area contributed by atoms with E-state index in [9.17, 15) is 4.79 Å². The lowest BCUT2D eigenvalue weighted by Gasteiger charge is -2.24. The molecule has 3 heterocycles. The Labute approximate surface area is 146 Å². The molecule has 1 atom stereocenters. The molecule has 7 nitrogen and oxygen atoms in total. The van der Waals surface area contributed by atoms with Gasteiger partial charge in [-0.15, -0.1) is 0 Å². The fourth-order valence-electron chi connectivity index (χ4n) is 2.72. The maximum absolute atomic E-state index is 13.0. The number of amides is 1. The minimum atomic E-state index is -0.340. The van der Waals surface area contributed by atoms with Crippen molar-refractivity contribution in [3.63, 3.8) is 0 Å². The molecule has 0 fully saturated rings. The number of nitrogens with one attached hydrogen (secondary N) is 1. The van der Waals surface area contributed by atoms with Crippen LogP contribution < -0.4 is 0 Å². The molecule has 0 radical (unpaired) electrons. The smallest absolute Gasteiger partial charge is 0.246 e. The van der Waals surface area contributed by atoms with Gasteiger partial charge in [0.25, 0.3) is 0 Å². The molecule has 7 heteroatoms. The number of carbonyl (C=O) groups is 1. The average Bonchev–Trinajstić information content (AvgIpc) is 3.33. The Balaban J connectivity index is 1.74. The van der Waals surface area contributed by atoms with Gasteiger partial charge in [-0.2, -0.15) is 0 Å². The maximum atomic E-state index is 13.0. The first-order valence-electron chi connectivity index (χ1n) is 8.34. The molecular weight excluding hydrogens is 318 g/mol. The summed E-state index contributed by atoms with van der Waals surface area (Å²) >= 11 is 0. The van der Waals surface area contributed by atoms with Crippen molar-refractivity contribution in [2.45, 2.75) is 38.8 Å². The summed E-state index contributed by atoms with van der Waals surface area (Å²) in [7, 11) is 1.78. The second-order valence-electron chi connectivity index (χ2n) is 6.49. The molecule has 3 aromatic heterocycles. The van der Waals surface area contributed by atoms with Crippen LogP contribution >= 0.6 is 0 Å². The molecule has 0 aliphatic rings. The van der Waals surface area contributed by atoms with Gasteiger partial charge in [0.05, 0.1) is 18.6 Å². The number of aromatic amines is 1. The van der Waals surface area contributed by atoms with Crippen molar-refractivity contribution in [2.24, 2.45) is 0 Å². The number of imidazole rings is 1. The minimum absolute atomic E-state index is 0.00768. The molecule has 0 saturated carbocycles. The molecule has 3 aromatic rings. The van der Waals surface area contributed by atoms with Gasteiger partial charge in [0.1, 0.15) is 6.04 Å². The van der Waals surface area contributed by atoms with E-state index in [1.54, 1.807) is 24.5 Å². The van der Waals surface area contributed by atoms with Gasteiger partial charge in [-0.1, -0.05) is 19.0 Å². The highest BCUT2D eigenvalue weighted by molar-refractivity contribution is 5.80. The zero-order valence-corrected chi connectivity index (χ0v) is 14.7. The maximum Gasteiger partial charge on any atom is 0.246 e. The van der Waals surface area contributed by atoms with Gasteiger partial charge >= 0.3 is 0 Å². The van der Waals surface area contributed by atoms with Gasteiger partial charge in [-0.25, -0.2) is 4.98 Å². The molecular formula is C18H23N5O2. The highest BCUT2D eigenvalue weighted by Crippen LogP contribution is 2.19. The predicted molar refractivity (Wildman–Crippen MR) is 92.8 cm³/mol. The van der Waals surface area contributed by atoms with Crippen molar-refractivity contribution in [1.82, 2.24) is 24.6 Å². The Bertz CT molecular complexity index is 789. The van der Waals surface area contributed by atoms with E-state index in [2.05, 4.69) is 29.0 Å². The molecule has 132 valence electrons. The van der Waals surface area contributed by atoms with Gasteiger partial charge in [-0.05, 0) is 18.1 Å². The zero-order chi connectivity index (χ0) is 17.8. The quantitative estimate of drug-likeness (QED) is 0.716. The van der Waals surface area contributed by atoms with E-state index in [0.717, 1.165) is 11.4 Å². The first-order chi connectivity index (χ1) is 12.0. The van der Waals surface area contributed by atoms with Crippen molar-refractivity contribution in [3.8, 4) is 0 Å². The van der Waals surface area contributed by atoms with Crippen molar-refractivity contribution >= 4 is 5.91 Å². The van der Waals surface area contributed by atoms with E-state index in [1.807, 2.05) is 35.2 Å². The average molecular weight is 341 g/mol. The lowest BCUT2D eigenvalue weighted by molar-refractivity contribution is -0.134. The molecule has 0 bridgehead atoms. The fourth-order valence-corrected chi connectivity index (χ4v) is 2.72. The Morgan fingerprint density at radius 2 is 2.12 bits per heavy atom. The molecule has 0 unspecified atom stereocenters. The zero-order valence-electron chi connectivity index (χ0n) is 14.7. The van der Waals surface area contributed by atoms with Gasteiger partial charge < -0.3 is 19.0 Å². The predicted octanol–water partition coefficient (Wildman–Crippen LogP) is 2.77. The summed E-state index contributed by atoms with van der Waals surface area (Å²) in [6.07, 6.45) is 7.72. The van der Waals surface area contributed by atoms with Crippen LogP contribution in [0.3, 0.4) is 0 Å². The molecule has 1 N–H and O–H groups in total. The van der Waals surface area contributed by atoms with Crippen LogP contribution in [0.5, 0.6) is 0 Å². The van der Waals surface area contributed by atoms with Crippen LogP contribution in [0.15, 0.2) is 47.6 Å². The highest BCUT2D eigenvalue weighted by atomic mass is 16.5. The van der Waals surface area contributed by atoms with Crippen LogP contribution in [0.1, 0.15) is 43.0 Å². The van der Waals surface area contributed by atoms with E-state index < -0.39 is 0 Å². The van der Waals surface area contributed by atoms with Crippen LogP contribution in [0.4, 0.5) is 0 Å². The van der Waals surface area contributed by atoms with E-state index in [1.165, 1.54) is 0 Å². The summed E-state index contributed by atoms with van der Waals surface area (Å²) in [5, 5.41) is 4.05. The summed E-state index contributed by atoms with van der Waals surface area (Å²) in [4.78, 5) is 21.8. The third kappa shape index (κ3) is 3.99. The molecule has 0 aliphatic carbocycles. The molecule has 0 spiro atoms. The number of aromatic nitrogens is 4. The fraction of sp³-hybridized carbons (Fsp3) is 0.389. The second kappa shape index (κ2) is 7.38. The number of nitrogens with zero attached hydrogens (tertiary/aromatic N) is 4. The van der Waals surface area contributed by atoms with Crippen LogP contribution in [-0.4, -0.2) is 37.5 Å². The van der Waals surface area contributed by atoms with E-state index in [-0.39, 0.29) is 11.9 Å². The third-order valence-electron chi connectivity index (χ3n) is 4.18. The van der Waals surface area contributed by atoms with Crippen molar-refractivity contribution < 1.29 is 9.32 Å². The van der Waals surface area contributed by atoms with E-state index >= 15 is 0 Å².